The third-order valence-electron chi connectivity index (χ3n) is 6.54. The van der Waals surface area contributed by atoms with Gasteiger partial charge in [0.2, 0.25) is 11.8 Å². The normalized spacial score (nSPS) is 22.2. The van der Waals surface area contributed by atoms with Gasteiger partial charge in [0.25, 0.3) is 5.91 Å². The minimum Gasteiger partial charge on any atom is -0.348 e. The number of rotatable bonds is 7. The average Bonchev–Trinajstić information content (AvgIpc) is 3.22. The quantitative estimate of drug-likeness (QED) is 0.615. The van der Waals surface area contributed by atoms with Gasteiger partial charge in [-0.1, -0.05) is 62.4 Å². The van der Waals surface area contributed by atoms with Crippen molar-refractivity contribution >= 4 is 29.5 Å². The molecule has 180 valence electrons. The molecule has 0 aromatic heterocycles. The van der Waals surface area contributed by atoms with Crippen molar-refractivity contribution in [3.05, 3.63) is 71.3 Å². The molecule has 0 saturated carbocycles. The van der Waals surface area contributed by atoms with Gasteiger partial charge in [0, 0.05) is 10.3 Å². The number of carbonyl (C=O) groups excluding carboxylic acids is 3. The Bertz CT molecular complexity index is 1090. The second-order valence-corrected chi connectivity index (χ2v) is 11.8. The highest BCUT2D eigenvalue weighted by atomic mass is 32.2. The van der Waals surface area contributed by atoms with Crippen molar-refractivity contribution in [1.29, 1.82) is 0 Å². The highest BCUT2D eigenvalue weighted by molar-refractivity contribution is 8.01. The lowest BCUT2D eigenvalue weighted by Crippen LogP contribution is -2.57. The van der Waals surface area contributed by atoms with Gasteiger partial charge in [-0.15, -0.1) is 11.8 Å². The maximum Gasteiger partial charge on any atom is 0.256 e. The second kappa shape index (κ2) is 9.45. The fourth-order valence-electron chi connectivity index (χ4n) is 4.90. The summed E-state index contributed by atoms with van der Waals surface area (Å²) in [6.45, 7) is 9.97. The molecular formula is C27H33N3O3S. The Kier molecular flexibility index (Phi) is 6.76. The third kappa shape index (κ3) is 4.58. The van der Waals surface area contributed by atoms with Crippen LogP contribution in [0.5, 0.6) is 0 Å². The molecule has 2 aliphatic heterocycles. The lowest BCUT2D eigenvalue weighted by molar-refractivity contribution is -0.132. The minimum absolute atomic E-state index is 0.124. The summed E-state index contributed by atoms with van der Waals surface area (Å²) in [5.41, 5.74) is 2.61. The number of hydrogen-bond acceptors (Lipinski definition) is 4. The lowest BCUT2D eigenvalue weighted by atomic mass is 9.98. The number of hydrogen-bond donors (Lipinski definition) is 2. The van der Waals surface area contributed by atoms with Crippen LogP contribution in [0.3, 0.4) is 0 Å². The summed E-state index contributed by atoms with van der Waals surface area (Å²) in [7, 11) is 0. The molecule has 2 aromatic carbocycles. The molecule has 34 heavy (non-hydrogen) atoms. The molecule has 4 atom stereocenters. The van der Waals surface area contributed by atoms with E-state index in [0.29, 0.717) is 12.0 Å². The zero-order chi connectivity index (χ0) is 24.6. The van der Waals surface area contributed by atoms with Crippen LogP contribution in [-0.4, -0.2) is 39.5 Å². The van der Waals surface area contributed by atoms with Gasteiger partial charge in [0.05, 0.1) is 6.04 Å². The highest BCUT2D eigenvalue weighted by Crippen LogP contribution is 2.56. The SMILES string of the molecule is CC(C)C[C@H](NC(=O)[C@@H]1N2C(=O)c3ccccc3[C@@H]2SC1(C)C)C(=O)N[C@H](C)c1ccccc1. The first-order valence-corrected chi connectivity index (χ1v) is 12.7. The van der Waals surface area contributed by atoms with E-state index in [0.717, 1.165) is 11.1 Å². The van der Waals surface area contributed by atoms with Crippen LogP contribution in [0.25, 0.3) is 0 Å². The Hall–Kier alpha value is -2.80. The van der Waals surface area contributed by atoms with Crippen molar-refractivity contribution in [3.8, 4) is 0 Å². The molecule has 0 aliphatic carbocycles. The standard InChI is InChI=1S/C27H33N3O3S/c1-16(2)15-21(23(31)28-17(3)18-11-7-6-8-12-18)29-24(32)22-27(4,5)34-26-20-14-10-9-13-19(20)25(33)30(22)26/h6-14,16-17,21-22,26H,15H2,1-5H3,(H,28,31)(H,29,32)/t17-,21+,22+,26+/m1/s1. The summed E-state index contributed by atoms with van der Waals surface area (Å²) >= 11 is 1.62. The summed E-state index contributed by atoms with van der Waals surface area (Å²) in [5.74, 6) is -0.412. The molecule has 0 spiro atoms. The molecule has 6 nitrogen and oxygen atoms in total. The van der Waals surface area contributed by atoms with Crippen LogP contribution in [0.4, 0.5) is 0 Å². The largest absolute Gasteiger partial charge is 0.348 e. The van der Waals surface area contributed by atoms with Crippen LogP contribution in [0, 0.1) is 5.92 Å². The van der Waals surface area contributed by atoms with Gasteiger partial charge in [-0.2, -0.15) is 0 Å². The zero-order valence-electron chi connectivity index (χ0n) is 20.4. The number of thioether (sulfide) groups is 1. The van der Waals surface area contributed by atoms with Crippen LogP contribution in [-0.2, 0) is 9.59 Å². The van der Waals surface area contributed by atoms with Crippen LogP contribution < -0.4 is 10.6 Å². The van der Waals surface area contributed by atoms with Crippen LogP contribution in [0.1, 0.15) is 73.9 Å². The van der Waals surface area contributed by atoms with Gasteiger partial charge >= 0.3 is 0 Å². The minimum atomic E-state index is -0.682. The first-order valence-electron chi connectivity index (χ1n) is 11.8. The van der Waals surface area contributed by atoms with Crippen LogP contribution in [0.15, 0.2) is 54.6 Å². The summed E-state index contributed by atoms with van der Waals surface area (Å²) in [6.07, 6.45) is 0.511. The van der Waals surface area contributed by atoms with Crippen LogP contribution in [0.2, 0.25) is 0 Å². The van der Waals surface area contributed by atoms with E-state index >= 15 is 0 Å². The monoisotopic (exact) mass is 479 g/mol. The van der Waals surface area contributed by atoms with Crippen molar-refractivity contribution in [3.63, 3.8) is 0 Å². The van der Waals surface area contributed by atoms with Crippen molar-refractivity contribution in [2.24, 2.45) is 5.92 Å². The number of nitrogens with zero attached hydrogens (tertiary/aromatic N) is 1. The van der Waals surface area contributed by atoms with Gasteiger partial charge in [-0.25, -0.2) is 0 Å². The smallest absolute Gasteiger partial charge is 0.256 e. The molecule has 4 rings (SSSR count). The molecule has 1 saturated heterocycles. The molecule has 2 heterocycles. The number of amides is 3. The van der Waals surface area contributed by atoms with E-state index in [1.807, 2.05) is 89.2 Å². The Morgan fingerprint density at radius 1 is 1.00 bits per heavy atom. The molecule has 0 unspecified atom stereocenters. The second-order valence-electron chi connectivity index (χ2n) is 10.1. The molecule has 0 radical (unpaired) electrons. The fourth-order valence-corrected chi connectivity index (χ4v) is 6.49. The zero-order valence-corrected chi connectivity index (χ0v) is 21.2. The van der Waals surface area contributed by atoms with E-state index in [1.54, 1.807) is 16.7 Å². The summed E-state index contributed by atoms with van der Waals surface area (Å²) in [5, 5.41) is 5.86. The Balaban J connectivity index is 1.53. The van der Waals surface area contributed by atoms with E-state index in [9.17, 15) is 14.4 Å². The summed E-state index contributed by atoms with van der Waals surface area (Å²) < 4.78 is -0.492. The molecule has 2 N–H and O–H groups in total. The third-order valence-corrected chi connectivity index (χ3v) is 8.08. The van der Waals surface area contributed by atoms with Crippen LogP contribution >= 0.6 is 11.8 Å². The van der Waals surface area contributed by atoms with Crippen molar-refractivity contribution < 1.29 is 14.4 Å². The van der Waals surface area contributed by atoms with E-state index in [-0.39, 0.29) is 35.1 Å². The summed E-state index contributed by atoms with van der Waals surface area (Å²) in [4.78, 5) is 41.8. The van der Waals surface area contributed by atoms with E-state index in [4.69, 9.17) is 0 Å². The van der Waals surface area contributed by atoms with Gasteiger partial charge in [0.15, 0.2) is 0 Å². The fraction of sp³-hybridized carbons (Fsp3) is 0.444. The predicted molar refractivity (Wildman–Crippen MR) is 135 cm³/mol. The van der Waals surface area contributed by atoms with Crippen molar-refractivity contribution in [2.75, 3.05) is 0 Å². The summed E-state index contributed by atoms with van der Waals surface area (Å²) in [6, 6.07) is 15.8. The molecule has 2 aliphatic rings. The topological polar surface area (TPSA) is 78.5 Å². The Morgan fingerprint density at radius 2 is 1.65 bits per heavy atom. The number of benzene rings is 2. The molecule has 2 aromatic rings. The first kappa shape index (κ1) is 24.3. The maximum atomic E-state index is 13.7. The molecule has 1 fully saturated rings. The lowest BCUT2D eigenvalue weighted by Gasteiger charge is -2.31. The Labute approximate surface area is 205 Å². The average molecular weight is 480 g/mol. The molecular weight excluding hydrogens is 446 g/mol. The number of fused-ring (bicyclic) bond motifs is 3. The van der Waals surface area contributed by atoms with Crippen molar-refractivity contribution in [2.45, 2.75) is 69.3 Å². The number of carbonyl (C=O) groups is 3. The first-order chi connectivity index (χ1) is 16.1. The van der Waals surface area contributed by atoms with E-state index < -0.39 is 16.8 Å². The molecule has 7 heteroatoms. The van der Waals surface area contributed by atoms with Gasteiger partial charge in [-0.3, -0.25) is 14.4 Å². The maximum absolute atomic E-state index is 13.7. The van der Waals surface area contributed by atoms with E-state index in [1.165, 1.54) is 0 Å². The molecule has 3 amide bonds. The Morgan fingerprint density at radius 3 is 2.32 bits per heavy atom. The number of nitrogens with one attached hydrogen (secondary N) is 2. The van der Waals surface area contributed by atoms with Gasteiger partial charge in [0.1, 0.15) is 17.5 Å². The van der Waals surface area contributed by atoms with Crippen molar-refractivity contribution in [1.82, 2.24) is 15.5 Å². The van der Waals surface area contributed by atoms with E-state index in [2.05, 4.69) is 10.6 Å². The molecule has 0 bridgehead atoms. The van der Waals surface area contributed by atoms with Gasteiger partial charge in [-0.05, 0) is 50.3 Å². The van der Waals surface area contributed by atoms with Gasteiger partial charge < -0.3 is 15.5 Å². The predicted octanol–water partition coefficient (Wildman–Crippen LogP) is 4.44. The highest BCUT2D eigenvalue weighted by Gasteiger charge is 2.57.